The maximum atomic E-state index is 5.60. The van der Waals surface area contributed by atoms with E-state index in [9.17, 15) is 0 Å². The number of benzene rings is 1. The SMILES string of the molecule is COc1cccc2c1CCCC2CCCN. The fraction of sp³-hybridized carbons (Fsp3) is 0.571. The van der Waals surface area contributed by atoms with Crippen molar-refractivity contribution in [2.24, 2.45) is 5.73 Å². The van der Waals surface area contributed by atoms with Crippen molar-refractivity contribution in [2.75, 3.05) is 13.7 Å². The first kappa shape index (κ1) is 11.5. The molecule has 1 unspecified atom stereocenters. The molecule has 0 fully saturated rings. The van der Waals surface area contributed by atoms with Crippen molar-refractivity contribution in [1.82, 2.24) is 0 Å². The summed E-state index contributed by atoms with van der Waals surface area (Å²) in [5.41, 5.74) is 8.53. The highest BCUT2D eigenvalue weighted by Gasteiger charge is 2.21. The normalized spacial score (nSPS) is 19.2. The van der Waals surface area contributed by atoms with Gasteiger partial charge in [-0.25, -0.2) is 0 Å². The Morgan fingerprint density at radius 3 is 3.06 bits per heavy atom. The largest absolute Gasteiger partial charge is 0.496 e. The van der Waals surface area contributed by atoms with E-state index < -0.39 is 0 Å². The summed E-state index contributed by atoms with van der Waals surface area (Å²) in [7, 11) is 1.76. The number of hydrogen-bond acceptors (Lipinski definition) is 2. The molecule has 0 spiro atoms. The highest BCUT2D eigenvalue weighted by Crippen LogP contribution is 2.38. The molecule has 2 N–H and O–H groups in total. The third-order valence-corrected chi connectivity index (χ3v) is 3.57. The first-order valence-electron chi connectivity index (χ1n) is 6.22. The van der Waals surface area contributed by atoms with E-state index in [0.717, 1.165) is 18.7 Å². The van der Waals surface area contributed by atoms with Crippen LogP contribution in [0.5, 0.6) is 5.75 Å². The fourth-order valence-corrected chi connectivity index (χ4v) is 2.77. The molecule has 0 heterocycles. The summed E-state index contributed by atoms with van der Waals surface area (Å²) in [6, 6.07) is 6.45. The molecule has 2 rings (SSSR count). The molecular formula is C14H21NO. The van der Waals surface area contributed by atoms with Crippen LogP contribution in [0.3, 0.4) is 0 Å². The van der Waals surface area contributed by atoms with Gasteiger partial charge >= 0.3 is 0 Å². The van der Waals surface area contributed by atoms with Crippen LogP contribution in [0.2, 0.25) is 0 Å². The van der Waals surface area contributed by atoms with Crippen LogP contribution in [0.25, 0.3) is 0 Å². The van der Waals surface area contributed by atoms with Crippen LogP contribution in [0.1, 0.15) is 42.7 Å². The Labute approximate surface area is 97.8 Å². The number of fused-ring (bicyclic) bond motifs is 1. The predicted octanol–water partition coefficient (Wildman–Crippen LogP) is 2.85. The quantitative estimate of drug-likeness (QED) is 0.845. The molecule has 2 heteroatoms. The van der Waals surface area contributed by atoms with Crippen LogP contribution in [-0.2, 0) is 6.42 Å². The Morgan fingerprint density at radius 2 is 2.31 bits per heavy atom. The van der Waals surface area contributed by atoms with E-state index in [-0.39, 0.29) is 0 Å². The van der Waals surface area contributed by atoms with E-state index in [1.165, 1.54) is 36.8 Å². The Bertz CT molecular complexity index is 349. The number of rotatable bonds is 4. The number of methoxy groups -OCH3 is 1. The van der Waals surface area contributed by atoms with Gasteiger partial charge in [0.2, 0.25) is 0 Å². The molecule has 0 aliphatic heterocycles. The average molecular weight is 219 g/mol. The van der Waals surface area contributed by atoms with Crippen LogP contribution in [0.4, 0.5) is 0 Å². The summed E-state index contributed by atoms with van der Waals surface area (Å²) in [5, 5.41) is 0. The highest BCUT2D eigenvalue weighted by molar-refractivity contribution is 5.43. The molecule has 1 aliphatic carbocycles. The van der Waals surface area contributed by atoms with E-state index in [4.69, 9.17) is 10.5 Å². The molecular weight excluding hydrogens is 198 g/mol. The van der Waals surface area contributed by atoms with E-state index in [1.54, 1.807) is 7.11 Å². The second-order valence-corrected chi connectivity index (χ2v) is 4.55. The minimum atomic E-state index is 0.697. The number of ether oxygens (including phenoxy) is 1. The molecule has 0 saturated carbocycles. The summed E-state index contributed by atoms with van der Waals surface area (Å²) in [6.45, 7) is 0.801. The molecule has 2 nitrogen and oxygen atoms in total. The lowest BCUT2D eigenvalue weighted by molar-refractivity contribution is 0.401. The third-order valence-electron chi connectivity index (χ3n) is 3.57. The zero-order valence-electron chi connectivity index (χ0n) is 10.0. The van der Waals surface area contributed by atoms with Crippen LogP contribution >= 0.6 is 0 Å². The molecule has 0 aromatic heterocycles. The minimum absolute atomic E-state index is 0.697. The lowest BCUT2D eigenvalue weighted by Crippen LogP contribution is -2.12. The summed E-state index contributed by atoms with van der Waals surface area (Å²) in [6.07, 6.45) is 6.10. The average Bonchev–Trinajstić information content (AvgIpc) is 2.35. The van der Waals surface area contributed by atoms with Gasteiger partial charge in [-0.15, -0.1) is 0 Å². The van der Waals surface area contributed by atoms with Gasteiger partial charge in [0.25, 0.3) is 0 Å². The molecule has 1 aliphatic rings. The zero-order valence-corrected chi connectivity index (χ0v) is 10.0. The second kappa shape index (κ2) is 5.35. The van der Waals surface area contributed by atoms with Crippen molar-refractivity contribution >= 4 is 0 Å². The van der Waals surface area contributed by atoms with Gasteiger partial charge < -0.3 is 10.5 Å². The van der Waals surface area contributed by atoms with Gasteiger partial charge in [0.1, 0.15) is 5.75 Å². The van der Waals surface area contributed by atoms with Gasteiger partial charge in [-0.3, -0.25) is 0 Å². The van der Waals surface area contributed by atoms with Gasteiger partial charge in [-0.2, -0.15) is 0 Å². The Kier molecular flexibility index (Phi) is 3.83. The van der Waals surface area contributed by atoms with Crippen molar-refractivity contribution < 1.29 is 4.74 Å². The molecule has 1 aromatic carbocycles. The summed E-state index contributed by atoms with van der Waals surface area (Å²) in [5.74, 6) is 1.76. The van der Waals surface area contributed by atoms with Crippen molar-refractivity contribution in [3.05, 3.63) is 29.3 Å². The zero-order chi connectivity index (χ0) is 11.4. The van der Waals surface area contributed by atoms with Gasteiger partial charge in [0.05, 0.1) is 7.11 Å². The van der Waals surface area contributed by atoms with Crippen molar-refractivity contribution in [1.29, 1.82) is 0 Å². The summed E-state index contributed by atoms with van der Waals surface area (Å²) < 4.78 is 5.44. The minimum Gasteiger partial charge on any atom is -0.496 e. The molecule has 16 heavy (non-hydrogen) atoms. The van der Waals surface area contributed by atoms with Crippen LogP contribution in [0.15, 0.2) is 18.2 Å². The van der Waals surface area contributed by atoms with Gasteiger partial charge in [0, 0.05) is 0 Å². The molecule has 1 aromatic rings. The Balaban J connectivity index is 2.24. The molecule has 1 atom stereocenters. The highest BCUT2D eigenvalue weighted by atomic mass is 16.5. The first-order valence-corrected chi connectivity index (χ1v) is 6.22. The molecule has 88 valence electrons. The van der Waals surface area contributed by atoms with E-state index in [2.05, 4.69) is 18.2 Å². The second-order valence-electron chi connectivity index (χ2n) is 4.55. The van der Waals surface area contributed by atoms with Crippen molar-refractivity contribution in [3.8, 4) is 5.75 Å². The van der Waals surface area contributed by atoms with Crippen molar-refractivity contribution in [2.45, 2.75) is 38.0 Å². The van der Waals surface area contributed by atoms with Gasteiger partial charge in [-0.1, -0.05) is 12.1 Å². The first-order chi connectivity index (χ1) is 7.86. The molecule has 0 bridgehead atoms. The molecule has 0 amide bonds. The maximum absolute atomic E-state index is 5.60. The maximum Gasteiger partial charge on any atom is 0.122 e. The predicted molar refractivity (Wildman–Crippen MR) is 67.0 cm³/mol. The lowest BCUT2D eigenvalue weighted by atomic mass is 9.80. The standard InChI is InChI=1S/C14H21NO/c1-16-14-9-3-7-12-11(6-4-10-15)5-2-8-13(12)14/h3,7,9,11H,2,4-6,8,10,15H2,1H3. The Hall–Kier alpha value is -1.02. The number of hydrogen-bond donors (Lipinski definition) is 1. The van der Waals surface area contributed by atoms with Crippen LogP contribution < -0.4 is 10.5 Å². The van der Waals surface area contributed by atoms with E-state index >= 15 is 0 Å². The molecule has 0 saturated heterocycles. The Morgan fingerprint density at radius 1 is 1.44 bits per heavy atom. The van der Waals surface area contributed by atoms with Gasteiger partial charge in [-0.05, 0) is 61.8 Å². The topological polar surface area (TPSA) is 35.2 Å². The van der Waals surface area contributed by atoms with Crippen LogP contribution in [0, 0.1) is 0 Å². The monoisotopic (exact) mass is 219 g/mol. The fourth-order valence-electron chi connectivity index (χ4n) is 2.77. The van der Waals surface area contributed by atoms with Gasteiger partial charge in [0.15, 0.2) is 0 Å². The lowest BCUT2D eigenvalue weighted by Gasteiger charge is -2.26. The number of nitrogens with two attached hydrogens (primary N) is 1. The summed E-state index contributed by atoms with van der Waals surface area (Å²) >= 11 is 0. The van der Waals surface area contributed by atoms with E-state index in [1.807, 2.05) is 0 Å². The van der Waals surface area contributed by atoms with Crippen LogP contribution in [-0.4, -0.2) is 13.7 Å². The van der Waals surface area contributed by atoms with Crippen molar-refractivity contribution in [3.63, 3.8) is 0 Å². The smallest absolute Gasteiger partial charge is 0.122 e. The van der Waals surface area contributed by atoms with E-state index in [0.29, 0.717) is 5.92 Å². The summed E-state index contributed by atoms with van der Waals surface area (Å²) in [4.78, 5) is 0. The third kappa shape index (κ3) is 2.22. The molecule has 0 radical (unpaired) electrons.